The number of carbonyl (C=O) groups is 1. The van der Waals surface area contributed by atoms with Crippen LogP contribution in [0.1, 0.15) is 16.7 Å². The predicted molar refractivity (Wildman–Crippen MR) is 95.9 cm³/mol. The zero-order valence-electron chi connectivity index (χ0n) is 13.9. The fourth-order valence-electron chi connectivity index (χ4n) is 3.35. The number of amides is 1. The van der Waals surface area contributed by atoms with Crippen molar-refractivity contribution in [1.82, 2.24) is 4.90 Å². The molecule has 0 saturated carbocycles. The lowest BCUT2D eigenvalue weighted by molar-refractivity contribution is -0.126. The molecule has 5 nitrogen and oxygen atoms in total. The third kappa shape index (κ3) is 2.67. The highest BCUT2D eigenvalue weighted by Gasteiger charge is 2.29. The molecule has 25 heavy (non-hydrogen) atoms. The Morgan fingerprint density at radius 1 is 1.20 bits per heavy atom. The Kier molecular flexibility index (Phi) is 3.76. The van der Waals surface area contributed by atoms with Crippen LogP contribution < -0.4 is 4.74 Å². The molecule has 0 aliphatic carbocycles. The van der Waals surface area contributed by atoms with Crippen molar-refractivity contribution in [2.24, 2.45) is 4.99 Å². The van der Waals surface area contributed by atoms with Crippen LogP contribution in [0.3, 0.4) is 0 Å². The average Bonchev–Trinajstić information content (AvgIpc) is 2.81. The highest BCUT2D eigenvalue weighted by Crippen LogP contribution is 2.35. The molecule has 126 valence electrons. The van der Waals surface area contributed by atoms with Gasteiger partial charge in [-0.25, -0.2) is 0 Å². The van der Waals surface area contributed by atoms with Gasteiger partial charge < -0.3 is 14.7 Å². The van der Waals surface area contributed by atoms with Gasteiger partial charge in [0.05, 0.1) is 18.5 Å². The number of nitrogens with zero attached hydrogens (tertiary/aromatic N) is 2. The fourth-order valence-corrected chi connectivity index (χ4v) is 3.35. The highest BCUT2D eigenvalue weighted by molar-refractivity contribution is 6.15. The molecule has 0 unspecified atom stereocenters. The first-order valence-corrected chi connectivity index (χ1v) is 8.19. The summed E-state index contributed by atoms with van der Waals surface area (Å²) in [6.45, 7) is 0.664. The molecule has 0 radical (unpaired) electrons. The van der Waals surface area contributed by atoms with Gasteiger partial charge in [0.15, 0.2) is 0 Å². The van der Waals surface area contributed by atoms with Crippen molar-refractivity contribution in [3.05, 3.63) is 65.2 Å². The SMILES string of the molecule is COc1cccc(C2=NCC(=O)N3CCc4c(O)cccc4C3=C2)c1. The van der Waals surface area contributed by atoms with E-state index < -0.39 is 0 Å². The molecule has 4 rings (SSSR count). The summed E-state index contributed by atoms with van der Waals surface area (Å²) in [6.07, 6.45) is 2.57. The van der Waals surface area contributed by atoms with Gasteiger partial charge in [0.2, 0.25) is 5.91 Å². The normalized spacial score (nSPS) is 16.4. The van der Waals surface area contributed by atoms with Gasteiger partial charge in [-0.1, -0.05) is 24.3 Å². The third-order valence-electron chi connectivity index (χ3n) is 4.63. The first kappa shape index (κ1) is 15.4. The van der Waals surface area contributed by atoms with E-state index in [2.05, 4.69) is 4.99 Å². The molecule has 2 aliphatic heterocycles. The van der Waals surface area contributed by atoms with E-state index >= 15 is 0 Å². The summed E-state index contributed by atoms with van der Waals surface area (Å²) in [5.41, 5.74) is 4.19. The predicted octanol–water partition coefficient (Wildman–Crippen LogP) is 2.63. The van der Waals surface area contributed by atoms with Crippen molar-refractivity contribution in [3.8, 4) is 11.5 Å². The molecule has 0 spiro atoms. The van der Waals surface area contributed by atoms with Crippen molar-refractivity contribution in [3.63, 3.8) is 0 Å². The van der Waals surface area contributed by atoms with E-state index in [4.69, 9.17) is 4.74 Å². The Labute approximate surface area is 145 Å². The minimum Gasteiger partial charge on any atom is -0.508 e. The average molecular weight is 334 g/mol. The van der Waals surface area contributed by atoms with Gasteiger partial charge in [-0.15, -0.1) is 0 Å². The molecule has 1 N–H and O–H groups in total. The van der Waals surface area contributed by atoms with Gasteiger partial charge in [-0.2, -0.15) is 0 Å². The molecule has 2 aromatic rings. The fraction of sp³-hybridized carbons (Fsp3) is 0.200. The number of carbonyl (C=O) groups excluding carboxylic acids is 1. The zero-order valence-corrected chi connectivity index (χ0v) is 13.9. The Morgan fingerprint density at radius 2 is 2.04 bits per heavy atom. The van der Waals surface area contributed by atoms with Crippen LogP contribution in [0, 0.1) is 0 Å². The van der Waals surface area contributed by atoms with Crippen LogP contribution in [-0.2, 0) is 11.2 Å². The van der Waals surface area contributed by atoms with Gasteiger partial charge in [0.1, 0.15) is 18.0 Å². The molecule has 2 heterocycles. The first-order valence-electron chi connectivity index (χ1n) is 8.19. The number of fused-ring (bicyclic) bond motifs is 3. The Morgan fingerprint density at radius 3 is 2.88 bits per heavy atom. The van der Waals surface area contributed by atoms with Gasteiger partial charge >= 0.3 is 0 Å². The summed E-state index contributed by atoms with van der Waals surface area (Å²) >= 11 is 0. The van der Waals surface area contributed by atoms with Crippen molar-refractivity contribution in [2.45, 2.75) is 6.42 Å². The van der Waals surface area contributed by atoms with E-state index in [9.17, 15) is 9.90 Å². The Balaban J connectivity index is 1.86. The van der Waals surface area contributed by atoms with E-state index in [1.165, 1.54) is 0 Å². The second kappa shape index (κ2) is 6.09. The Hall–Kier alpha value is -3.08. The molecule has 0 atom stereocenters. The highest BCUT2D eigenvalue weighted by atomic mass is 16.5. The maximum absolute atomic E-state index is 12.5. The third-order valence-corrected chi connectivity index (χ3v) is 4.63. The van der Waals surface area contributed by atoms with E-state index in [1.54, 1.807) is 24.1 Å². The van der Waals surface area contributed by atoms with E-state index in [0.29, 0.717) is 13.0 Å². The van der Waals surface area contributed by atoms with Gasteiger partial charge in [-0.3, -0.25) is 9.79 Å². The van der Waals surface area contributed by atoms with Crippen LogP contribution in [-0.4, -0.2) is 41.8 Å². The summed E-state index contributed by atoms with van der Waals surface area (Å²) in [5.74, 6) is 0.987. The van der Waals surface area contributed by atoms with Crippen molar-refractivity contribution in [2.75, 3.05) is 20.2 Å². The van der Waals surface area contributed by atoms with Crippen molar-refractivity contribution >= 4 is 17.3 Å². The van der Waals surface area contributed by atoms with Crippen LogP contribution in [0.2, 0.25) is 0 Å². The van der Waals surface area contributed by atoms with Gasteiger partial charge in [0.25, 0.3) is 0 Å². The molecule has 0 fully saturated rings. The van der Waals surface area contributed by atoms with Gasteiger partial charge in [-0.05, 0) is 30.7 Å². The Bertz CT molecular complexity index is 915. The number of methoxy groups -OCH3 is 1. The molecule has 0 bridgehead atoms. The van der Waals surface area contributed by atoms with E-state index in [-0.39, 0.29) is 18.2 Å². The topological polar surface area (TPSA) is 62.1 Å². The van der Waals surface area contributed by atoms with Gasteiger partial charge in [0, 0.05) is 23.2 Å². The second-order valence-corrected chi connectivity index (χ2v) is 6.06. The summed E-state index contributed by atoms with van der Waals surface area (Å²) in [7, 11) is 1.62. The first-order chi connectivity index (χ1) is 12.2. The molecule has 0 aromatic heterocycles. The summed E-state index contributed by atoms with van der Waals surface area (Å²) in [5, 5.41) is 10.2. The summed E-state index contributed by atoms with van der Waals surface area (Å²) in [6, 6.07) is 13.1. The number of hydrogen-bond donors (Lipinski definition) is 1. The van der Waals surface area contributed by atoms with Crippen LogP contribution in [0.5, 0.6) is 11.5 Å². The molecule has 5 heteroatoms. The molecular weight excluding hydrogens is 316 g/mol. The van der Waals surface area contributed by atoms with Crippen LogP contribution >= 0.6 is 0 Å². The molecule has 2 aliphatic rings. The van der Waals surface area contributed by atoms with Crippen LogP contribution in [0.25, 0.3) is 5.70 Å². The lowest BCUT2D eigenvalue weighted by atomic mass is 9.94. The number of hydrogen-bond acceptors (Lipinski definition) is 4. The number of aliphatic imine (C=N–C) groups is 1. The maximum Gasteiger partial charge on any atom is 0.248 e. The minimum atomic E-state index is -0.0295. The largest absolute Gasteiger partial charge is 0.508 e. The van der Waals surface area contributed by atoms with Crippen LogP contribution in [0.15, 0.2) is 53.5 Å². The standard InChI is InChI=1S/C20H18N2O3/c1-25-14-5-2-4-13(10-14)17-11-18-15-6-3-7-19(23)16(15)8-9-22(18)20(24)12-21-17/h2-7,10-11,23H,8-9,12H2,1H3. The number of aromatic hydroxyl groups is 1. The lowest BCUT2D eigenvalue weighted by Gasteiger charge is -2.31. The number of rotatable bonds is 2. The monoisotopic (exact) mass is 334 g/mol. The number of allylic oxidation sites excluding steroid dienone is 1. The van der Waals surface area contributed by atoms with Crippen LogP contribution in [0.4, 0.5) is 0 Å². The van der Waals surface area contributed by atoms with Crippen molar-refractivity contribution in [1.29, 1.82) is 0 Å². The summed E-state index contributed by atoms with van der Waals surface area (Å²) in [4.78, 5) is 18.8. The molecule has 0 saturated heterocycles. The maximum atomic E-state index is 12.5. The van der Waals surface area contributed by atoms with E-state index in [1.807, 2.05) is 36.4 Å². The summed E-state index contributed by atoms with van der Waals surface area (Å²) < 4.78 is 5.29. The number of benzene rings is 2. The van der Waals surface area contributed by atoms with Crippen molar-refractivity contribution < 1.29 is 14.6 Å². The number of phenols is 1. The lowest BCUT2D eigenvalue weighted by Crippen LogP contribution is -2.35. The van der Waals surface area contributed by atoms with E-state index in [0.717, 1.165) is 33.8 Å². The number of phenolic OH excluding ortho intramolecular Hbond substituents is 1. The molecule has 1 amide bonds. The zero-order chi connectivity index (χ0) is 17.4. The number of ether oxygens (including phenoxy) is 1. The molecular formula is C20H18N2O3. The minimum absolute atomic E-state index is 0.0295. The quantitative estimate of drug-likeness (QED) is 0.918. The second-order valence-electron chi connectivity index (χ2n) is 6.06. The smallest absolute Gasteiger partial charge is 0.248 e. The molecule has 2 aromatic carbocycles.